The van der Waals surface area contributed by atoms with Crippen LogP contribution in [0.5, 0.6) is 0 Å². The van der Waals surface area contributed by atoms with Crippen molar-refractivity contribution in [2.75, 3.05) is 0 Å². The van der Waals surface area contributed by atoms with Crippen molar-refractivity contribution in [2.45, 2.75) is 40.2 Å². The Bertz CT molecular complexity index is 590. The molecule has 0 aliphatic carbocycles. The standard InChI is InChI=1S/C19H24N2/c1-14(2)20-13-21-18-10-15(3)19(16(4)11-18)12-17-8-6-5-7-9-17/h5-11,13-14H,12H2,1-4H3,(H,20,21). The molecule has 2 rings (SSSR count). The molecule has 2 aromatic rings. The maximum Gasteiger partial charge on any atom is 0.0888 e. The van der Waals surface area contributed by atoms with Crippen molar-refractivity contribution in [3.05, 3.63) is 64.7 Å². The number of benzene rings is 2. The van der Waals surface area contributed by atoms with Crippen molar-refractivity contribution in [1.29, 1.82) is 0 Å². The molecular formula is C19H24N2. The first-order chi connectivity index (χ1) is 10.1. The summed E-state index contributed by atoms with van der Waals surface area (Å²) < 4.78 is 0. The van der Waals surface area contributed by atoms with Gasteiger partial charge in [0.2, 0.25) is 0 Å². The molecule has 0 saturated carbocycles. The first kappa shape index (κ1) is 15.3. The highest BCUT2D eigenvalue weighted by atomic mass is 15.0. The summed E-state index contributed by atoms with van der Waals surface area (Å²) in [5, 5.41) is 3.20. The zero-order valence-electron chi connectivity index (χ0n) is 13.4. The van der Waals surface area contributed by atoms with Crippen molar-refractivity contribution in [3.8, 4) is 0 Å². The van der Waals surface area contributed by atoms with Gasteiger partial charge in [-0.25, -0.2) is 4.99 Å². The van der Waals surface area contributed by atoms with Crippen molar-refractivity contribution < 1.29 is 0 Å². The van der Waals surface area contributed by atoms with Crippen LogP contribution >= 0.6 is 0 Å². The van der Waals surface area contributed by atoms with Crippen LogP contribution in [-0.4, -0.2) is 12.4 Å². The third-order valence-electron chi connectivity index (χ3n) is 3.53. The maximum absolute atomic E-state index is 4.48. The third-order valence-corrected chi connectivity index (χ3v) is 3.53. The van der Waals surface area contributed by atoms with E-state index in [2.05, 4.69) is 80.5 Å². The summed E-state index contributed by atoms with van der Waals surface area (Å²) in [5.74, 6) is 0. The predicted molar refractivity (Wildman–Crippen MR) is 91.6 cm³/mol. The molecule has 0 heterocycles. The first-order valence-corrected chi connectivity index (χ1v) is 7.49. The molecule has 0 aliphatic heterocycles. The SMILES string of the molecule is Cc1cc(N=CNC(C)C)cc(C)c1Cc1ccccc1. The van der Waals surface area contributed by atoms with Crippen LogP contribution in [0.1, 0.15) is 36.1 Å². The van der Waals surface area contributed by atoms with E-state index in [4.69, 9.17) is 0 Å². The molecule has 110 valence electrons. The van der Waals surface area contributed by atoms with Crippen LogP contribution in [0.15, 0.2) is 47.5 Å². The van der Waals surface area contributed by atoms with Gasteiger partial charge in [-0.2, -0.15) is 0 Å². The van der Waals surface area contributed by atoms with E-state index in [9.17, 15) is 0 Å². The third kappa shape index (κ3) is 4.45. The van der Waals surface area contributed by atoms with Gasteiger partial charge in [0.25, 0.3) is 0 Å². The van der Waals surface area contributed by atoms with Crippen molar-refractivity contribution in [3.63, 3.8) is 0 Å². The summed E-state index contributed by atoms with van der Waals surface area (Å²) in [6, 6.07) is 15.3. The van der Waals surface area contributed by atoms with E-state index in [1.54, 1.807) is 6.34 Å². The van der Waals surface area contributed by atoms with Crippen molar-refractivity contribution >= 4 is 12.0 Å². The number of hydrogen-bond acceptors (Lipinski definition) is 1. The van der Waals surface area contributed by atoms with E-state index in [1.165, 1.54) is 22.3 Å². The molecule has 0 bridgehead atoms. The minimum Gasteiger partial charge on any atom is -0.374 e. The van der Waals surface area contributed by atoms with E-state index in [0.29, 0.717) is 6.04 Å². The topological polar surface area (TPSA) is 24.4 Å². The van der Waals surface area contributed by atoms with Crippen LogP contribution in [0.3, 0.4) is 0 Å². The molecule has 0 fully saturated rings. The van der Waals surface area contributed by atoms with Crippen LogP contribution in [-0.2, 0) is 6.42 Å². The Morgan fingerprint density at radius 1 is 1.05 bits per heavy atom. The van der Waals surface area contributed by atoms with Crippen LogP contribution in [0.25, 0.3) is 0 Å². The molecule has 0 spiro atoms. The molecule has 2 aromatic carbocycles. The Balaban J connectivity index is 2.19. The molecule has 0 atom stereocenters. The van der Waals surface area contributed by atoms with Gasteiger partial charge in [0.15, 0.2) is 0 Å². The maximum atomic E-state index is 4.48. The lowest BCUT2D eigenvalue weighted by Crippen LogP contribution is -2.20. The van der Waals surface area contributed by atoms with Gasteiger partial charge in [0.05, 0.1) is 12.0 Å². The fraction of sp³-hybridized carbons (Fsp3) is 0.316. The summed E-state index contributed by atoms with van der Waals surface area (Å²) in [6.45, 7) is 8.54. The van der Waals surface area contributed by atoms with Crippen LogP contribution in [0.4, 0.5) is 5.69 Å². The predicted octanol–water partition coefficient (Wildman–Crippen LogP) is 4.55. The molecule has 0 aliphatic rings. The summed E-state index contributed by atoms with van der Waals surface area (Å²) in [7, 11) is 0. The second-order valence-electron chi connectivity index (χ2n) is 5.80. The first-order valence-electron chi connectivity index (χ1n) is 7.49. The van der Waals surface area contributed by atoms with Gasteiger partial charge in [-0.3, -0.25) is 0 Å². The molecular weight excluding hydrogens is 256 g/mol. The minimum atomic E-state index is 0.410. The summed E-state index contributed by atoms with van der Waals surface area (Å²) in [6.07, 6.45) is 2.77. The molecule has 0 saturated heterocycles. The Morgan fingerprint density at radius 2 is 1.67 bits per heavy atom. The number of nitrogens with one attached hydrogen (secondary N) is 1. The molecule has 0 aromatic heterocycles. The largest absolute Gasteiger partial charge is 0.374 e. The van der Waals surface area contributed by atoms with Crippen LogP contribution in [0, 0.1) is 13.8 Å². The lowest BCUT2D eigenvalue weighted by atomic mass is 9.95. The average Bonchev–Trinajstić information content (AvgIpc) is 2.44. The zero-order valence-corrected chi connectivity index (χ0v) is 13.4. The second-order valence-corrected chi connectivity index (χ2v) is 5.80. The molecule has 0 radical (unpaired) electrons. The smallest absolute Gasteiger partial charge is 0.0888 e. The molecule has 0 amide bonds. The number of rotatable bonds is 5. The zero-order chi connectivity index (χ0) is 15.2. The number of nitrogens with zero attached hydrogens (tertiary/aromatic N) is 1. The fourth-order valence-electron chi connectivity index (χ4n) is 2.38. The highest BCUT2D eigenvalue weighted by molar-refractivity contribution is 5.62. The second kappa shape index (κ2) is 7.07. The van der Waals surface area contributed by atoms with E-state index in [-0.39, 0.29) is 0 Å². The van der Waals surface area contributed by atoms with Gasteiger partial charge in [-0.15, -0.1) is 0 Å². The Kier molecular flexibility index (Phi) is 5.15. The van der Waals surface area contributed by atoms with E-state index in [1.807, 2.05) is 0 Å². The van der Waals surface area contributed by atoms with Crippen molar-refractivity contribution in [1.82, 2.24) is 5.32 Å². The monoisotopic (exact) mass is 280 g/mol. The molecule has 0 unspecified atom stereocenters. The van der Waals surface area contributed by atoms with Gasteiger partial charge in [0.1, 0.15) is 0 Å². The Labute approximate surface area is 127 Å². The Morgan fingerprint density at radius 3 is 2.24 bits per heavy atom. The molecule has 1 N–H and O–H groups in total. The van der Waals surface area contributed by atoms with E-state index in [0.717, 1.165) is 12.1 Å². The van der Waals surface area contributed by atoms with E-state index < -0.39 is 0 Å². The van der Waals surface area contributed by atoms with Crippen LogP contribution in [0.2, 0.25) is 0 Å². The van der Waals surface area contributed by atoms with Gasteiger partial charge < -0.3 is 5.32 Å². The lowest BCUT2D eigenvalue weighted by Gasteiger charge is -2.11. The van der Waals surface area contributed by atoms with Crippen molar-refractivity contribution in [2.24, 2.45) is 4.99 Å². The van der Waals surface area contributed by atoms with Gasteiger partial charge in [-0.05, 0) is 68.5 Å². The fourth-order valence-corrected chi connectivity index (χ4v) is 2.38. The highest BCUT2D eigenvalue weighted by Crippen LogP contribution is 2.24. The average molecular weight is 280 g/mol. The molecule has 2 nitrogen and oxygen atoms in total. The van der Waals surface area contributed by atoms with Gasteiger partial charge >= 0.3 is 0 Å². The van der Waals surface area contributed by atoms with E-state index >= 15 is 0 Å². The number of aliphatic imine (C=N–C) groups is 1. The number of aryl methyl sites for hydroxylation is 2. The molecule has 21 heavy (non-hydrogen) atoms. The summed E-state index contributed by atoms with van der Waals surface area (Å²) in [4.78, 5) is 4.48. The number of hydrogen-bond donors (Lipinski definition) is 1. The lowest BCUT2D eigenvalue weighted by molar-refractivity contribution is 0.744. The van der Waals surface area contributed by atoms with Gasteiger partial charge in [-0.1, -0.05) is 30.3 Å². The highest BCUT2D eigenvalue weighted by Gasteiger charge is 2.06. The van der Waals surface area contributed by atoms with Crippen LogP contribution < -0.4 is 5.32 Å². The summed E-state index contributed by atoms with van der Waals surface area (Å²) in [5.41, 5.74) is 6.36. The molecule has 2 heteroatoms. The van der Waals surface area contributed by atoms with Gasteiger partial charge in [0, 0.05) is 6.04 Å². The normalized spacial score (nSPS) is 11.3. The Hall–Kier alpha value is -2.09. The minimum absolute atomic E-state index is 0.410. The quantitative estimate of drug-likeness (QED) is 0.630. The summed E-state index contributed by atoms with van der Waals surface area (Å²) >= 11 is 0.